The van der Waals surface area contributed by atoms with Gasteiger partial charge in [-0.1, -0.05) is 6.07 Å². The van der Waals surface area contributed by atoms with Crippen LogP contribution in [-0.2, 0) is 11.2 Å². The number of aliphatic hydroxyl groups is 1. The van der Waals surface area contributed by atoms with Crippen molar-refractivity contribution in [3.05, 3.63) is 30.1 Å². The van der Waals surface area contributed by atoms with Gasteiger partial charge in [-0.3, -0.25) is 14.7 Å². The number of nitrogens with zero attached hydrogens (tertiary/aromatic N) is 3. The minimum atomic E-state index is -1.19. The van der Waals surface area contributed by atoms with Crippen LogP contribution in [0.2, 0.25) is 0 Å². The van der Waals surface area contributed by atoms with Gasteiger partial charge in [0.1, 0.15) is 0 Å². The maximum Gasteiger partial charge on any atom is 0.255 e. The molecule has 2 aliphatic heterocycles. The van der Waals surface area contributed by atoms with Crippen LogP contribution in [0, 0.1) is 0 Å². The van der Waals surface area contributed by atoms with Crippen molar-refractivity contribution in [1.29, 1.82) is 0 Å². The molecule has 1 aromatic rings. The second kappa shape index (κ2) is 6.75. The van der Waals surface area contributed by atoms with Gasteiger partial charge in [0, 0.05) is 44.5 Å². The highest BCUT2D eigenvalue weighted by Gasteiger charge is 2.43. The van der Waals surface area contributed by atoms with Gasteiger partial charge in [0.2, 0.25) is 0 Å². The molecule has 1 amide bonds. The van der Waals surface area contributed by atoms with E-state index in [9.17, 15) is 9.90 Å². The standard InChI is InChI=1S/C17H25N3O2/c21-16(20-11-3-4-12-20)17(22)8-5-10-19(14-17)13-7-15-6-1-2-9-18-15/h1-2,6,9,22H,3-5,7-8,10-14H2/t17-/m1/s1. The molecule has 2 aliphatic rings. The minimum absolute atomic E-state index is 0.0625. The highest BCUT2D eigenvalue weighted by Crippen LogP contribution is 2.25. The van der Waals surface area contributed by atoms with E-state index < -0.39 is 5.60 Å². The van der Waals surface area contributed by atoms with E-state index in [1.54, 1.807) is 6.20 Å². The number of hydrogen-bond acceptors (Lipinski definition) is 4. The summed E-state index contributed by atoms with van der Waals surface area (Å²) in [6, 6.07) is 5.93. The van der Waals surface area contributed by atoms with Crippen LogP contribution in [0.15, 0.2) is 24.4 Å². The molecule has 1 aromatic heterocycles. The molecular weight excluding hydrogens is 278 g/mol. The number of carbonyl (C=O) groups is 1. The third-order valence-corrected chi connectivity index (χ3v) is 4.75. The van der Waals surface area contributed by atoms with Crippen LogP contribution < -0.4 is 0 Å². The van der Waals surface area contributed by atoms with Gasteiger partial charge in [-0.2, -0.15) is 0 Å². The molecule has 120 valence electrons. The Balaban J connectivity index is 1.57. The van der Waals surface area contributed by atoms with Crippen LogP contribution >= 0.6 is 0 Å². The summed E-state index contributed by atoms with van der Waals surface area (Å²) in [5.74, 6) is -0.0625. The number of hydrogen-bond donors (Lipinski definition) is 1. The van der Waals surface area contributed by atoms with E-state index in [0.29, 0.717) is 13.0 Å². The Morgan fingerprint density at radius 3 is 2.77 bits per heavy atom. The van der Waals surface area contributed by atoms with Crippen molar-refractivity contribution in [2.45, 2.75) is 37.7 Å². The van der Waals surface area contributed by atoms with Gasteiger partial charge in [-0.05, 0) is 44.4 Å². The number of carbonyl (C=O) groups excluding carboxylic acids is 1. The van der Waals surface area contributed by atoms with E-state index >= 15 is 0 Å². The molecule has 0 aliphatic carbocycles. The SMILES string of the molecule is O=C(N1CCCC1)[C@@]1(O)CCCN(CCc2ccccn2)C1. The number of likely N-dealkylation sites (tertiary alicyclic amines) is 2. The maximum atomic E-state index is 12.6. The lowest BCUT2D eigenvalue weighted by Gasteiger charge is -2.39. The molecule has 5 heteroatoms. The lowest BCUT2D eigenvalue weighted by molar-refractivity contribution is -0.156. The predicted molar refractivity (Wildman–Crippen MR) is 84.4 cm³/mol. The van der Waals surface area contributed by atoms with Crippen molar-refractivity contribution in [1.82, 2.24) is 14.8 Å². The fourth-order valence-corrected chi connectivity index (χ4v) is 3.52. The molecular formula is C17H25N3O2. The zero-order valence-corrected chi connectivity index (χ0v) is 13.1. The summed E-state index contributed by atoms with van der Waals surface area (Å²) in [5.41, 5.74) is -0.130. The molecule has 0 radical (unpaired) electrons. The van der Waals surface area contributed by atoms with E-state index in [4.69, 9.17) is 0 Å². The summed E-state index contributed by atoms with van der Waals surface area (Å²) in [7, 11) is 0. The summed E-state index contributed by atoms with van der Waals surface area (Å²) in [6.45, 7) is 3.84. The molecule has 0 unspecified atom stereocenters. The van der Waals surface area contributed by atoms with E-state index in [2.05, 4.69) is 9.88 Å². The van der Waals surface area contributed by atoms with Gasteiger partial charge < -0.3 is 10.0 Å². The second-order valence-electron chi connectivity index (χ2n) is 6.48. The molecule has 2 fully saturated rings. The fourth-order valence-electron chi connectivity index (χ4n) is 3.52. The fraction of sp³-hybridized carbons (Fsp3) is 0.647. The van der Waals surface area contributed by atoms with Crippen LogP contribution in [0.4, 0.5) is 0 Å². The third-order valence-electron chi connectivity index (χ3n) is 4.75. The van der Waals surface area contributed by atoms with Gasteiger partial charge in [-0.15, -0.1) is 0 Å². The monoisotopic (exact) mass is 303 g/mol. The molecule has 0 aromatic carbocycles. The zero-order valence-electron chi connectivity index (χ0n) is 13.1. The largest absolute Gasteiger partial charge is 0.379 e. The number of β-amino-alcohol motifs (C(OH)–C–C–N with tert-alkyl or cyclic N) is 1. The van der Waals surface area contributed by atoms with Crippen molar-refractivity contribution >= 4 is 5.91 Å². The number of piperidine rings is 1. The highest BCUT2D eigenvalue weighted by atomic mass is 16.3. The van der Waals surface area contributed by atoms with Gasteiger partial charge in [0.15, 0.2) is 5.60 Å². The Kier molecular flexibility index (Phi) is 4.74. The van der Waals surface area contributed by atoms with Crippen molar-refractivity contribution in [2.75, 3.05) is 32.7 Å². The number of rotatable bonds is 4. The lowest BCUT2D eigenvalue weighted by Crippen LogP contribution is -2.57. The lowest BCUT2D eigenvalue weighted by atomic mass is 9.91. The molecule has 3 rings (SSSR count). The summed E-state index contributed by atoms with van der Waals surface area (Å²) in [5, 5.41) is 10.8. The first-order valence-electron chi connectivity index (χ1n) is 8.31. The maximum absolute atomic E-state index is 12.6. The molecule has 0 spiro atoms. The van der Waals surface area contributed by atoms with Crippen LogP contribution in [-0.4, -0.2) is 64.1 Å². The molecule has 1 atom stereocenters. The van der Waals surface area contributed by atoms with Crippen LogP contribution in [0.25, 0.3) is 0 Å². The third kappa shape index (κ3) is 3.47. The predicted octanol–water partition coefficient (Wildman–Crippen LogP) is 1.07. The van der Waals surface area contributed by atoms with E-state index in [1.807, 2.05) is 23.1 Å². The molecule has 22 heavy (non-hydrogen) atoms. The Hall–Kier alpha value is -1.46. The number of aromatic nitrogens is 1. The summed E-state index contributed by atoms with van der Waals surface area (Å²) in [4.78, 5) is 20.9. The van der Waals surface area contributed by atoms with Crippen molar-refractivity contribution in [2.24, 2.45) is 0 Å². The molecule has 3 heterocycles. The first-order chi connectivity index (χ1) is 10.7. The van der Waals surface area contributed by atoms with Crippen molar-refractivity contribution < 1.29 is 9.90 Å². The van der Waals surface area contributed by atoms with Crippen LogP contribution in [0.1, 0.15) is 31.4 Å². The Morgan fingerprint density at radius 2 is 2.05 bits per heavy atom. The van der Waals surface area contributed by atoms with Crippen LogP contribution in [0.5, 0.6) is 0 Å². The second-order valence-corrected chi connectivity index (χ2v) is 6.48. The van der Waals surface area contributed by atoms with Crippen LogP contribution in [0.3, 0.4) is 0 Å². The molecule has 0 bridgehead atoms. The summed E-state index contributed by atoms with van der Waals surface area (Å²) in [6.07, 6.45) is 6.24. The summed E-state index contributed by atoms with van der Waals surface area (Å²) >= 11 is 0. The van der Waals surface area contributed by atoms with Gasteiger partial charge in [0.25, 0.3) is 5.91 Å². The van der Waals surface area contributed by atoms with Gasteiger partial charge in [-0.25, -0.2) is 0 Å². The quantitative estimate of drug-likeness (QED) is 0.904. The van der Waals surface area contributed by atoms with Gasteiger partial charge >= 0.3 is 0 Å². The minimum Gasteiger partial charge on any atom is -0.379 e. The number of pyridine rings is 1. The highest BCUT2D eigenvalue weighted by molar-refractivity contribution is 5.85. The first kappa shape index (κ1) is 15.4. The molecule has 1 N–H and O–H groups in total. The Bertz CT molecular complexity index is 502. The van der Waals surface area contributed by atoms with E-state index in [1.165, 1.54) is 0 Å². The van der Waals surface area contributed by atoms with Gasteiger partial charge in [0.05, 0.1) is 0 Å². The Labute approximate surface area is 131 Å². The summed E-state index contributed by atoms with van der Waals surface area (Å²) < 4.78 is 0. The van der Waals surface area contributed by atoms with E-state index in [0.717, 1.165) is 57.6 Å². The smallest absolute Gasteiger partial charge is 0.255 e. The molecule has 2 saturated heterocycles. The zero-order chi connectivity index (χ0) is 15.4. The first-order valence-corrected chi connectivity index (χ1v) is 8.31. The molecule has 0 saturated carbocycles. The number of amides is 1. The molecule has 5 nitrogen and oxygen atoms in total. The average Bonchev–Trinajstić information content (AvgIpc) is 3.08. The Morgan fingerprint density at radius 1 is 1.23 bits per heavy atom. The topological polar surface area (TPSA) is 56.7 Å². The average molecular weight is 303 g/mol. The van der Waals surface area contributed by atoms with Crippen molar-refractivity contribution in [3.63, 3.8) is 0 Å². The van der Waals surface area contributed by atoms with Crippen molar-refractivity contribution in [3.8, 4) is 0 Å². The van der Waals surface area contributed by atoms with E-state index in [-0.39, 0.29) is 5.91 Å². The normalized spacial score (nSPS) is 26.3.